The molecule has 2 rings (SSSR count). The zero-order chi connectivity index (χ0) is 8.72. The molecule has 1 aromatic carbocycles. The van der Waals surface area contributed by atoms with Gasteiger partial charge in [-0.25, -0.2) is 5.43 Å². The Hall–Kier alpha value is -1.06. The van der Waals surface area contributed by atoms with Crippen LogP contribution >= 0.6 is 0 Å². The van der Waals surface area contributed by atoms with Crippen LogP contribution in [0.3, 0.4) is 0 Å². The van der Waals surface area contributed by atoms with E-state index in [9.17, 15) is 5.11 Å². The van der Waals surface area contributed by atoms with Crippen molar-refractivity contribution in [1.82, 2.24) is 5.43 Å². The van der Waals surface area contributed by atoms with Crippen molar-refractivity contribution in [2.45, 2.75) is 13.2 Å². The van der Waals surface area contributed by atoms with Crippen LogP contribution in [0.5, 0.6) is 0 Å². The Morgan fingerprint density at radius 3 is 2.92 bits per heavy atom. The molecule has 3 heteroatoms. The quantitative estimate of drug-likeness (QED) is 0.599. The molecule has 1 unspecified atom stereocenters. The van der Waals surface area contributed by atoms with E-state index in [-0.39, 0.29) is 0 Å². The molecule has 0 radical (unpaired) electrons. The summed E-state index contributed by atoms with van der Waals surface area (Å²) < 4.78 is 0. The van der Waals surface area contributed by atoms with Crippen molar-refractivity contribution in [3.63, 3.8) is 0 Å². The van der Waals surface area contributed by atoms with E-state index in [1.165, 1.54) is 5.56 Å². The van der Waals surface area contributed by atoms with Gasteiger partial charge in [-0.15, -0.1) is 0 Å². The lowest BCUT2D eigenvalue weighted by molar-refractivity contribution is 0.150. The van der Waals surface area contributed by atoms with Crippen LogP contribution in [0.25, 0.3) is 0 Å². The lowest BCUT2D eigenvalue weighted by atomic mass is 10.1. The second kappa shape index (κ2) is 2.47. The molecule has 1 aromatic rings. The molecule has 2 N–H and O–H groups in total. The monoisotopic (exact) mass is 164 g/mol. The zero-order valence-electron chi connectivity index (χ0n) is 7.20. The van der Waals surface area contributed by atoms with E-state index < -0.39 is 6.23 Å². The normalized spacial score (nSPS) is 21.2. The Balaban J connectivity index is 2.59. The molecule has 12 heavy (non-hydrogen) atoms. The summed E-state index contributed by atoms with van der Waals surface area (Å²) in [6.07, 6.45) is -0.551. The van der Waals surface area contributed by atoms with E-state index in [2.05, 4.69) is 5.43 Å². The largest absolute Gasteiger partial charge is 0.373 e. The Morgan fingerprint density at radius 1 is 1.50 bits per heavy atom. The zero-order valence-corrected chi connectivity index (χ0v) is 7.20. The van der Waals surface area contributed by atoms with Gasteiger partial charge in [0.2, 0.25) is 0 Å². The number of nitrogens with one attached hydrogen (secondary N) is 1. The van der Waals surface area contributed by atoms with E-state index in [0.29, 0.717) is 0 Å². The van der Waals surface area contributed by atoms with E-state index in [4.69, 9.17) is 0 Å². The number of rotatable bonds is 0. The van der Waals surface area contributed by atoms with Gasteiger partial charge in [-0.3, -0.25) is 0 Å². The Morgan fingerprint density at radius 2 is 2.25 bits per heavy atom. The third-order valence-corrected chi connectivity index (χ3v) is 2.21. The molecule has 0 spiro atoms. The molecule has 1 atom stereocenters. The van der Waals surface area contributed by atoms with Crippen LogP contribution in [-0.2, 0) is 0 Å². The average molecular weight is 164 g/mol. The first-order valence-electron chi connectivity index (χ1n) is 3.97. The number of aliphatic hydroxyl groups is 1. The lowest BCUT2D eigenvalue weighted by Gasteiger charge is -2.13. The number of nitrogens with zero attached hydrogens (tertiary/aromatic N) is 1. The van der Waals surface area contributed by atoms with Crippen molar-refractivity contribution < 1.29 is 5.11 Å². The summed E-state index contributed by atoms with van der Waals surface area (Å²) in [6.45, 7) is 2.04. The molecule has 1 heterocycles. The van der Waals surface area contributed by atoms with Crippen molar-refractivity contribution in [2.24, 2.45) is 0 Å². The number of aryl methyl sites for hydroxylation is 1. The van der Waals surface area contributed by atoms with Gasteiger partial charge in [-0.05, 0) is 12.5 Å². The van der Waals surface area contributed by atoms with Gasteiger partial charge in [-0.1, -0.05) is 18.2 Å². The fourth-order valence-corrected chi connectivity index (χ4v) is 1.68. The predicted molar refractivity (Wildman–Crippen MR) is 47.7 cm³/mol. The van der Waals surface area contributed by atoms with Crippen molar-refractivity contribution >= 4 is 5.69 Å². The molecule has 3 nitrogen and oxygen atoms in total. The number of anilines is 1. The van der Waals surface area contributed by atoms with Gasteiger partial charge in [-0.2, -0.15) is 0 Å². The summed E-state index contributed by atoms with van der Waals surface area (Å²) in [5, 5.41) is 11.4. The van der Waals surface area contributed by atoms with Crippen molar-refractivity contribution in [2.75, 3.05) is 12.1 Å². The third kappa shape index (κ3) is 0.906. The smallest absolute Gasteiger partial charge is 0.149 e. The van der Waals surface area contributed by atoms with Crippen LogP contribution in [-0.4, -0.2) is 12.2 Å². The maximum absolute atomic E-state index is 9.52. The van der Waals surface area contributed by atoms with E-state index in [1.807, 2.05) is 37.2 Å². The highest BCUT2D eigenvalue weighted by Crippen LogP contribution is 2.32. The van der Waals surface area contributed by atoms with Gasteiger partial charge in [0.25, 0.3) is 0 Å². The molecule has 0 bridgehead atoms. The van der Waals surface area contributed by atoms with Crippen LogP contribution in [0, 0.1) is 6.92 Å². The number of aliphatic hydroxyl groups excluding tert-OH is 1. The fraction of sp³-hybridized carbons (Fsp3) is 0.333. The molecule has 1 aliphatic rings. The predicted octanol–water partition coefficient (Wildman–Crippen LogP) is 0.940. The molecule has 1 aliphatic heterocycles. The Kier molecular flexibility index (Phi) is 1.56. The highest BCUT2D eigenvalue weighted by atomic mass is 16.3. The van der Waals surface area contributed by atoms with Gasteiger partial charge in [0.1, 0.15) is 6.23 Å². The second-order valence-corrected chi connectivity index (χ2v) is 3.10. The summed E-state index contributed by atoms with van der Waals surface area (Å²) in [5.41, 5.74) is 6.14. The summed E-state index contributed by atoms with van der Waals surface area (Å²) in [7, 11) is 1.90. The number of hydrogen-bond acceptors (Lipinski definition) is 3. The minimum absolute atomic E-state index is 0.551. The lowest BCUT2D eigenvalue weighted by Crippen LogP contribution is -2.30. The third-order valence-electron chi connectivity index (χ3n) is 2.21. The van der Waals surface area contributed by atoms with Gasteiger partial charge < -0.3 is 10.1 Å². The summed E-state index contributed by atoms with van der Waals surface area (Å²) in [6, 6.07) is 5.93. The summed E-state index contributed by atoms with van der Waals surface area (Å²) in [5.74, 6) is 0. The van der Waals surface area contributed by atoms with Crippen LogP contribution in [0.15, 0.2) is 18.2 Å². The second-order valence-electron chi connectivity index (χ2n) is 3.10. The topological polar surface area (TPSA) is 35.5 Å². The SMILES string of the molecule is Cc1cccc2c1N(C)NC2O. The van der Waals surface area contributed by atoms with E-state index in [1.54, 1.807) is 0 Å². The molecule has 0 fully saturated rings. The Labute approximate surface area is 71.6 Å². The van der Waals surface area contributed by atoms with Crippen molar-refractivity contribution in [3.05, 3.63) is 29.3 Å². The van der Waals surface area contributed by atoms with Crippen LogP contribution in [0.2, 0.25) is 0 Å². The molecular weight excluding hydrogens is 152 g/mol. The summed E-state index contributed by atoms with van der Waals surface area (Å²) in [4.78, 5) is 0. The van der Waals surface area contributed by atoms with Gasteiger partial charge in [0.15, 0.2) is 0 Å². The number of benzene rings is 1. The average Bonchev–Trinajstić information content (AvgIpc) is 2.29. The first-order chi connectivity index (χ1) is 5.70. The molecule has 64 valence electrons. The first-order valence-corrected chi connectivity index (χ1v) is 3.97. The fourth-order valence-electron chi connectivity index (χ4n) is 1.68. The Bertz CT molecular complexity index is 311. The molecule has 0 saturated carbocycles. The van der Waals surface area contributed by atoms with E-state index >= 15 is 0 Å². The number of hydrazine groups is 1. The van der Waals surface area contributed by atoms with Crippen LogP contribution in [0.4, 0.5) is 5.69 Å². The minimum atomic E-state index is -0.551. The molecule has 0 saturated heterocycles. The highest BCUT2D eigenvalue weighted by Gasteiger charge is 2.24. The maximum Gasteiger partial charge on any atom is 0.149 e. The highest BCUT2D eigenvalue weighted by molar-refractivity contribution is 5.61. The number of hydrogen-bond donors (Lipinski definition) is 2. The van der Waals surface area contributed by atoms with Crippen molar-refractivity contribution in [1.29, 1.82) is 0 Å². The van der Waals surface area contributed by atoms with Gasteiger partial charge in [0.05, 0.1) is 5.69 Å². The molecule has 0 aromatic heterocycles. The van der Waals surface area contributed by atoms with Crippen LogP contribution in [0.1, 0.15) is 17.4 Å². The number of fused-ring (bicyclic) bond motifs is 1. The first kappa shape index (κ1) is 7.58. The van der Waals surface area contributed by atoms with Crippen LogP contribution < -0.4 is 10.4 Å². The molecular formula is C9H12N2O. The van der Waals surface area contributed by atoms with E-state index in [0.717, 1.165) is 11.3 Å². The minimum Gasteiger partial charge on any atom is -0.373 e. The molecule has 0 aliphatic carbocycles. The standard InChI is InChI=1S/C9H12N2O/c1-6-4-3-5-7-8(6)11(2)10-9(7)12/h3-5,9-10,12H,1-2H3. The molecule has 0 amide bonds. The van der Waals surface area contributed by atoms with Gasteiger partial charge in [0, 0.05) is 12.6 Å². The summed E-state index contributed by atoms with van der Waals surface area (Å²) >= 11 is 0. The maximum atomic E-state index is 9.52. The van der Waals surface area contributed by atoms with Crippen molar-refractivity contribution in [3.8, 4) is 0 Å². The van der Waals surface area contributed by atoms with Gasteiger partial charge >= 0.3 is 0 Å². The number of para-hydroxylation sites is 1.